The molecule has 0 aliphatic carbocycles. The van der Waals surface area contributed by atoms with Crippen LogP contribution in [0.2, 0.25) is 0 Å². The van der Waals surface area contributed by atoms with Crippen LogP contribution in [0.1, 0.15) is 32.1 Å². The van der Waals surface area contributed by atoms with Crippen molar-refractivity contribution in [1.29, 1.82) is 0 Å². The third-order valence-electron chi connectivity index (χ3n) is 5.96. The van der Waals surface area contributed by atoms with Crippen LogP contribution in [-0.2, 0) is 11.3 Å². The fourth-order valence-corrected chi connectivity index (χ4v) is 4.12. The van der Waals surface area contributed by atoms with Gasteiger partial charge >= 0.3 is 0 Å². The number of nitrogens with two attached hydrogens (primary N) is 1. The number of nitrogens with one attached hydrogen (secondary N) is 2. The summed E-state index contributed by atoms with van der Waals surface area (Å²) >= 11 is 0. The van der Waals surface area contributed by atoms with Crippen molar-refractivity contribution in [2.75, 3.05) is 39.8 Å². The Hall–Kier alpha value is -1.81. The first-order valence-corrected chi connectivity index (χ1v) is 11.2. The monoisotopic (exact) mass is 540 g/mol. The lowest BCUT2D eigenvalue weighted by Crippen LogP contribution is -2.40. The third-order valence-corrected chi connectivity index (χ3v) is 5.96. The van der Waals surface area contributed by atoms with E-state index in [-0.39, 0.29) is 35.8 Å². The highest BCUT2D eigenvalue weighted by atomic mass is 127. The first kappa shape index (κ1) is 25.5. The van der Waals surface area contributed by atoms with Gasteiger partial charge in [0.15, 0.2) is 5.96 Å². The number of halogens is 1. The Kier molecular flexibility index (Phi) is 11.1. The molecule has 1 aliphatic heterocycles. The molecule has 8 heteroatoms. The van der Waals surface area contributed by atoms with Gasteiger partial charge in [0, 0.05) is 44.3 Å². The molecule has 0 spiro atoms. The number of carbonyl (C=O) groups is 1. The molecule has 1 aromatic heterocycles. The van der Waals surface area contributed by atoms with Gasteiger partial charge in [-0.25, -0.2) is 0 Å². The first-order chi connectivity index (χ1) is 14.7. The summed E-state index contributed by atoms with van der Waals surface area (Å²) in [6.07, 6.45) is 7.26. The minimum absolute atomic E-state index is 0. The molecule has 1 saturated heterocycles. The number of piperidine rings is 1. The zero-order valence-electron chi connectivity index (χ0n) is 18.6. The van der Waals surface area contributed by atoms with Gasteiger partial charge in [-0.05, 0) is 69.3 Å². The fraction of sp³-hybridized carbons (Fsp3) is 0.565. The van der Waals surface area contributed by atoms with Crippen LogP contribution in [0.25, 0.3) is 10.9 Å². The number of fused-ring (bicyclic) bond motifs is 1. The van der Waals surface area contributed by atoms with Crippen LogP contribution in [0.3, 0.4) is 0 Å². The molecule has 1 aromatic carbocycles. The zero-order valence-corrected chi connectivity index (χ0v) is 20.9. The lowest BCUT2D eigenvalue weighted by atomic mass is 9.96. The number of aryl methyl sites for hydroxylation is 1. The number of hydrogen-bond acceptors (Lipinski definition) is 3. The molecule has 3 rings (SSSR count). The Balaban J connectivity index is 0.00000341. The second-order valence-corrected chi connectivity index (χ2v) is 8.07. The molecule has 0 radical (unpaired) electrons. The van der Waals surface area contributed by atoms with Crippen molar-refractivity contribution in [3.63, 3.8) is 0 Å². The molecule has 4 N–H and O–H groups in total. The van der Waals surface area contributed by atoms with E-state index in [0.717, 1.165) is 77.3 Å². The maximum absolute atomic E-state index is 11.2. The molecule has 0 unspecified atom stereocenters. The van der Waals surface area contributed by atoms with Crippen LogP contribution in [-0.4, -0.2) is 61.1 Å². The second-order valence-electron chi connectivity index (χ2n) is 8.07. The number of nitrogens with zero attached hydrogens (tertiary/aromatic N) is 3. The highest BCUT2D eigenvalue weighted by Gasteiger charge is 2.22. The van der Waals surface area contributed by atoms with Gasteiger partial charge in [-0.3, -0.25) is 9.79 Å². The number of aromatic nitrogens is 1. The van der Waals surface area contributed by atoms with E-state index in [4.69, 9.17) is 5.73 Å². The number of benzene rings is 1. The van der Waals surface area contributed by atoms with Crippen molar-refractivity contribution >= 4 is 46.7 Å². The normalized spacial score (nSPS) is 15.6. The number of rotatable bonds is 10. The van der Waals surface area contributed by atoms with Crippen molar-refractivity contribution in [1.82, 2.24) is 20.1 Å². The molecule has 1 aliphatic rings. The van der Waals surface area contributed by atoms with Gasteiger partial charge in [0.1, 0.15) is 0 Å². The van der Waals surface area contributed by atoms with Gasteiger partial charge in [-0.2, -0.15) is 0 Å². The number of guanidine groups is 1. The van der Waals surface area contributed by atoms with Crippen molar-refractivity contribution < 1.29 is 4.79 Å². The quantitative estimate of drug-likeness (QED) is 0.187. The predicted octanol–water partition coefficient (Wildman–Crippen LogP) is 2.79. The standard InChI is InChI=1S/C23H36N6O.HI/c1-25-23(26-12-4-5-14-28-16-9-20(10-17-28)22(24)30)27-13-6-15-29-18-11-19-7-2-3-8-21(19)29;/h2-3,7-8,11,18,20H,4-6,9-10,12-17H2,1H3,(H2,24,30)(H2,25,26,27);1H. The van der Waals surface area contributed by atoms with Crippen LogP contribution in [0, 0.1) is 5.92 Å². The van der Waals surface area contributed by atoms with Crippen LogP contribution < -0.4 is 16.4 Å². The average Bonchev–Trinajstić information content (AvgIpc) is 3.18. The molecule has 1 fully saturated rings. The van der Waals surface area contributed by atoms with Gasteiger partial charge in [-0.15, -0.1) is 24.0 Å². The smallest absolute Gasteiger partial charge is 0.220 e. The van der Waals surface area contributed by atoms with Crippen LogP contribution in [0.15, 0.2) is 41.5 Å². The SMILES string of the molecule is CN=C(NCCCCN1CCC(C(N)=O)CC1)NCCCn1ccc2ccccc21.I. The Morgan fingerprint density at radius 1 is 1.06 bits per heavy atom. The van der Waals surface area contributed by atoms with Crippen LogP contribution in [0.4, 0.5) is 0 Å². The molecule has 1 amide bonds. The van der Waals surface area contributed by atoms with E-state index < -0.39 is 0 Å². The topological polar surface area (TPSA) is 87.7 Å². The molecule has 2 heterocycles. The summed E-state index contributed by atoms with van der Waals surface area (Å²) in [6, 6.07) is 10.7. The summed E-state index contributed by atoms with van der Waals surface area (Å²) < 4.78 is 2.31. The van der Waals surface area contributed by atoms with Crippen LogP contribution >= 0.6 is 24.0 Å². The maximum Gasteiger partial charge on any atom is 0.220 e. The fourth-order valence-electron chi connectivity index (χ4n) is 4.12. The van der Waals surface area contributed by atoms with Crippen molar-refractivity contribution in [3.05, 3.63) is 36.5 Å². The summed E-state index contributed by atoms with van der Waals surface area (Å²) in [5.74, 6) is 0.808. The van der Waals surface area contributed by atoms with Gasteiger partial charge in [0.25, 0.3) is 0 Å². The molecule has 0 saturated carbocycles. The van der Waals surface area contributed by atoms with Gasteiger partial charge in [0.05, 0.1) is 0 Å². The van der Waals surface area contributed by atoms with Gasteiger partial charge in [-0.1, -0.05) is 18.2 Å². The highest BCUT2D eigenvalue weighted by molar-refractivity contribution is 14.0. The molecule has 2 aromatic rings. The van der Waals surface area contributed by atoms with Crippen molar-refractivity contribution in [2.45, 2.75) is 38.6 Å². The predicted molar refractivity (Wildman–Crippen MR) is 139 cm³/mol. The molecule has 0 atom stereocenters. The van der Waals surface area contributed by atoms with E-state index in [0.29, 0.717) is 0 Å². The molecule has 0 bridgehead atoms. The number of hydrogen-bond donors (Lipinski definition) is 3. The summed E-state index contributed by atoms with van der Waals surface area (Å²) in [4.78, 5) is 18.0. The Labute approximate surface area is 202 Å². The summed E-state index contributed by atoms with van der Waals surface area (Å²) in [7, 11) is 1.82. The van der Waals surface area contributed by atoms with E-state index >= 15 is 0 Å². The number of carbonyl (C=O) groups excluding carboxylic acids is 1. The molecule has 172 valence electrons. The average molecular weight is 540 g/mol. The first-order valence-electron chi connectivity index (χ1n) is 11.2. The Morgan fingerprint density at radius 2 is 1.77 bits per heavy atom. The minimum Gasteiger partial charge on any atom is -0.369 e. The molecule has 31 heavy (non-hydrogen) atoms. The Bertz CT molecular complexity index is 828. The largest absolute Gasteiger partial charge is 0.369 e. The van der Waals surface area contributed by atoms with E-state index in [1.54, 1.807) is 0 Å². The van der Waals surface area contributed by atoms with Gasteiger partial charge < -0.3 is 25.8 Å². The number of unbranched alkanes of at least 4 members (excludes halogenated alkanes) is 1. The van der Waals surface area contributed by atoms with E-state index in [1.807, 2.05) is 7.05 Å². The minimum atomic E-state index is -0.139. The van der Waals surface area contributed by atoms with E-state index in [9.17, 15) is 4.79 Å². The van der Waals surface area contributed by atoms with E-state index in [1.165, 1.54) is 10.9 Å². The number of para-hydroxylation sites is 1. The number of primary amides is 1. The van der Waals surface area contributed by atoms with Crippen molar-refractivity contribution in [3.8, 4) is 0 Å². The molecular formula is C23H37IN6O. The summed E-state index contributed by atoms with van der Waals surface area (Å²) in [5.41, 5.74) is 6.69. The maximum atomic E-state index is 11.2. The second kappa shape index (κ2) is 13.6. The number of amides is 1. The van der Waals surface area contributed by atoms with Crippen molar-refractivity contribution in [2.24, 2.45) is 16.6 Å². The number of likely N-dealkylation sites (tertiary alicyclic amines) is 1. The summed E-state index contributed by atoms with van der Waals surface area (Å²) in [6.45, 7) is 5.86. The highest BCUT2D eigenvalue weighted by Crippen LogP contribution is 2.17. The van der Waals surface area contributed by atoms with Crippen LogP contribution in [0.5, 0.6) is 0 Å². The zero-order chi connectivity index (χ0) is 21.2. The number of aliphatic imine (C=N–C) groups is 1. The van der Waals surface area contributed by atoms with E-state index in [2.05, 4.69) is 61.6 Å². The van der Waals surface area contributed by atoms with Gasteiger partial charge in [0.2, 0.25) is 5.91 Å². The lowest BCUT2D eigenvalue weighted by Gasteiger charge is -2.30. The molecule has 7 nitrogen and oxygen atoms in total. The Morgan fingerprint density at radius 3 is 2.48 bits per heavy atom. The lowest BCUT2D eigenvalue weighted by molar-refractivity contribution is -0.123. The molecular weight excluding hydrogens is 503 g/mol. The summed E-state index contributed by atoms with van der Waals surface area (Å²) in [5, 5.41) is 8.10. The third kappa shape index (κ3) is 7.99.